The molecule has 0 radical (unpaired) electrons. The highest BCUT2D eigenvalue weighted by molar-refractivity contribution is 7.98. The number of hydrogen-bond acceptors (Lipinski definition) is 5. The van der Waals surface area contributed by atoms with Gasteiger partial charge in [-0.05, 0) is 35.9 Å². The summed E-state index contributed by atoms with van der Waals surface area (Å²) in [6.07, 6.45) is 5.15. The molecule has 0 aromatic heterocycles. The van der Waals surface area contributed by atoms with Crippen molar-refractivity contribution in [3.63, 3.8) is 0 Å². The molecule has 27 heavy (non-hydrogen) atoms. The van der Waals surface area contributed by atoms with Crippen molar-refractivity contribution in [2.75, 3.05) is 25.6 Å². The van der Waals surface area contributed by atoms with E-state index in [9.17, 15) is 13.2 Å². The minimum absolute atomic E-state index is 0.232. The van der Waals surface area contributed by atoms with Crippen molar-refractivity contribution in [1.29, 1.82) is 0 Å². The fourth-order valence-electron chi connectivity index (χ4n) is 2.32. The lowest BCUT2D eigenvalue weighted by molar-refractivity contribution is -0.121. The standard InChI is InChI=1S/C19H23N3O3S2/c1-26-18-10-8-17(9-11-18)14-20-21-19(23)15-22(27(2,24)25)13-12-16-6-4-3-5-7-16/h3-11,14H,12-13,15H2,1-2H3,(H,21,23)/b20-14+. The molecule has 0 saturated heterocycles. The van der Waals surface area contributed by atoms with Gasteiger partial charge in [-0.1, -0.05) is 42.5 Å². The fraction of sp³-hybridized carbons (Fsp3) is 0.263. The zero-order chi connectivity index (χ0) is 19.7. The van der Waals surface area contributed by atoms with E-state index in [2.05, 4.69) is 10.5 Å². The van der Waals surface area contributed by atoms with E-state index in [1.54, 1.807) is 11.8 Å². The first-order chi connectivity index (χ1) is 12.9. The van der Waals surface area contributed by atoms with Crippen LogP contribution in [0.15, 0.2) is 64.6 Å². The van der Waals surface area contributed by atoms with Crippen molar-refractivity contribution in [3.8, 4) is 0 Å². The molecule has 2 aromatic rings. The van der Waals surface area contributed by atoms with Gasteiger partial charge in [-0.15, -0.1) is 11.8 Å². The normalized spacial score (nSPS) is 11.8. The summed E-state index contributed by atoms with van der Waals surface area (Å²) in [5, 5.41) is 3.90. The van der Waals surface area contributed by atoms with Gasteiger partial charge < -0.3 is 0 Å². The Morgan fingerprint density at radius 1 is 1.15 bits per heavy atom. The van der Waals surface area contributed by atoms with Crippen LogP contribution in [0.3, 0.4) is 0 Å². The molecule has 144 valence electrons. The summed E-state index contributed by atoms with van der Waals surface area (Å²) < 4.78 is 25.0. The Hall–Kier alpha value is -2.16. The Balaban J connectivity index is 1.89. The van der Waals surface area contributed by atoms with Crippen molar-refractivity contribution < 1.29 is 13.2 Å². The molecule has 0 aliphatic rings. The summed E-state index contributed by atoms with van der Waals surface area (Å²) in [5.41, 5.74) is 4.24. The second-order valence-corrected chi connectivity index (χ2v) is 8.76. The van der Waals surface area contributed by atoms with Crippen molar-refractivity contribution in [3.05, 3.63) is 65.7 Å². The number of sulfonamides is 1. The zero-order valence-corrected chi connectivity index (χ0v) is 17.0. The monoisotopic (exact) mass is 405 g/mol. The first-order valence-corrected chi connectivity index (χ1v) is 11.4. The van der Waals surface area contributed by atoms with Crippen LogP contribution >= 0.6 is 11.8 Å². The first kappa shape index (κ1) is 21.1. The maximum absolute atomic E-state index is 12.1. The van der Waals surface area contributed by atoms with E-state index < -0.39 is 15.9 Å². The number of amides is 1. The van der Waals surface area contributed by atoms with Crippen molar-refractivity contribution >= 4 is 33.9 Å². The zero-order valence-electron chi connectivity index (χ0n) is 15.3. The minimum Gasteiger partial charge on any atom is -0.272 e. The van der Waals surface area contributed by atoms with Crippen LogP contribution in [0.5, 0.6) is 0 Å². The molecule has 6 nitrogen and oxygen atoms in total. The SMILES string of the molecule is CSc1ccc(/C=N/NC(=O)CN(CCc2ccccc2)S(C)(=O)=O)cc1. The van der Waals surface area contributed by atoms with Gasteiger partial charge in [0, 0.05) is 11.4 Å². The maximum atomic E-state index is 12.1. The van der Waals surface area contributed by atoms with Crippen molar-refractivity contribution in [2.45, 2.75) is 11.3 Å². The summed E-state index contributed by atoms with van der Waals surface area (Å²) in [4.78, 5) is 13.2. The maximum Gasteiger partial charge on any atom is 0.255 e. The van der Waals surface area contributed by atoms with Crippen LogP contribution in [-0.2, 0) is 21.2 Å². The minimum atomic E-state index is -3.50. The third-order valence-electron chi connectivity index (χ3n) is 3.80. The van der Waals surface area contributed by atoms with E-state index in [0.717, 1.165) is 26.6 Å². The molecule has 0 bridgehead atoms. The third kappa shape index (κ3) is 7.54. The lowest BCUT2D eigenvalue weighted by Crippen LogP contribution is -2.40. The molecule has 2 rings (SSSR count). The van der Waals surface area contributed by atoms with Crippen LogP contribution in [0.4, 0.5) is 0 Å². The van der Waals surface area contributed by atoms with Crippen LogP contribution in [0.25, 0.3) is 0 Å². The van der Waals surface area contributed by atoms with Crippen molar-refractivity contribution in [2.24, 2.45) is 5.10 Å². The van der Waals surface area contributed by atoms with Crippen LogP contribution in [-0.4, -0.2) is 50.4 Å². The van der Waals surface area contributed by atoms with Crippen LogP contribution < -0.4 is 5.43 Å². The second-order valence-electron chi connectivity index (χ2n) is 5.90. The highest BCUT2D eigenvalue weighted by Gasteiger charge is 2.19. The van der Waals surface area contributed by atoms with Gasteiger partial charge >= 0.3 is 0 Å². The Morgan fingerprint density at radius 3 is 2.41 bits per heavy atom. The number of carbonyl (C=O) groups is 1. The Bertz CT molecular complexity index is 867. The molecule has 0 saturated carbocycles. The Kier molecular flexibility index (Phi) is 8.02. The summed E-state index contributed by atoms with van der Waals surface area (Å²) in [5.74, 6) is -0.481. The fourth-order valence-corrected chi connectivity index (χ4v) is 3.51. The highest BCUT2D eigenvalue weighted by atomic mass is 32.2. The molecule has 0 aliphatic heterocycles. The van der Waals surface area contributed by atoms with Gasteiger partial charge in [-0.25, -0.2) is 13.8 Å². The third-order valence-corrected chi connectivity index (χ3v) is 5.79. The van der Waals surface area contributed by atoms with E-state index in [-0.39, 0.29) is 13.1 Å². The molecule has 0 fully saturated rings. The van der Waals surface area contributed by atoms with E-state index in [0.29, 0.717) is 6.42 Å². The largest absolute Gasteiger partial charge is 0.272 e. The van der Waals surface area contributed by atoms with E-state index in [1.165, 1.54) is 6.21 Å². The number of benzene rings is 2. The van der Waals surface area contributed by atoms with E-state index in [1.807, 2.05) is 60.9 Å². The number of nitrogens with zero attached hydrogens (tertiary/aromatic N) is 2. The second kappa shape index (κ2) is 10.2. The van der Waals surface area contributed by atoms with Gasteiger partial charge in [0.25, 0.3) is 5.91 Å². The average Bonchev–Trinajstić information content (AvgIpc) is 2.65. The highest BCUT2D eigenvalue weighted by Crippen LogP contribution is 2.13. The van der Waals surface area contributed by atoms with Crippen LogP contribution in [0, 0.1) is 0 Å². The molecule has 8 heteroatoms. The molecule has 0 heterocycles. The Morgan fingerprint density at radius 2 is 1.81 bits per heavy atom. The molecular weight excluding hydrogens is 382 g/mol. The van der Waals surface area contributed by atoms with Crippen LogP contribution in [0.1, 0.15) is 11.1 Å². The molecule has 0 atom stereocenters. The number of nitrogens with one attached hydrogen (secondary N) is 1. The van der Waals surface area contributed by atoms with E-state index >= 15 is 0 Å². The number of thioether (sulfide) groups is 1. The van der Waals surface area contributed by atoms with Crippen LogP contribution in [0.2, 0.25) is 0 Å². The van der Waals surface area contributed by atoms with Gasteiger partial charge in [0.2, 0.25) is 10.0 Å². The van der Waals surface area contributed by atoms with Gasteiger partial charge in [0.15, 0.2) is 0 Å². The van der Waals surface area contributed by atoms with E-state index in [4.69, 9.17) is 0 Å². The van der Waals surface area contributed by atoms with Gasteiger partial charge in [-0.3, -0.25) is 4.79 Å². The average molecular weight is 406 g/mol. The number of carbonyl (C=O) groups excluding carboxylic acids is 1. The quantitative estimate of drug-likeness (QED) is 0.395. The summed E-state index contributed by atoms with van der Waals surface area (Å²) in [6, 6.07) is 17.2. The lowest BCUT2D eigenvalue weighted by Gasteiger charge is -2.18. The first-order valence-electron chi connectivity index (χ1n) is 8.33. The topological polar surface area (TPSA) is 78.8 Å². The number of rotatable bonds is 9. The molecular formula is C19H23N3O3S2. The molecule has 0 aliphatic carbocycles. The number of hydrogen-bond donors (Lipinski definition) is 1. The summed E-state index contributed by atoms with van der Waals surface area (Å²) in [7, 11) is -3.50. The van der Waals surface area contributed by atoms with Gasteiger partial charge in [0.1, 0.15) is 0 Å². The summed E-state index contributed by atoms with van der Waals surface area (Å²) in [6.45, 7) is -0.0372. The predicted octanol–water partition coefficient (Wildman–Crippen LogP) is 2.36. The summed E-state index contributed by atoms with van der Waals surface area (Å²) >= 11 is 1.64. The van der Waals surface area contributed by atoms with Crippen molar-refractivity contribution in [1.82, 2.24) is 9.73 Å². The predicted molar refractivity (Wildman–Crippen MR) is 111 cm³/mol. The van der Waals surface area contributed by atoms with Gasteiger partial charge in [-0.2, -0.15) is 9.41 Å². The molecule has 0 spiro atoms. The van der Waals surface area contributed by atoms with Gasteiger partial charge in [0.05, 0.1) is 19.0 Å². The molecule has 0 unspecified atom stereocenters. The Labute approximate surface area is 164 Å². The smallest absolute Gasteiger partial charge is 0.255 e. The molecule has 1 amide bonds. The molecule has 1 N–H and O–H groups in total. The number of hydrazone groups is 1. The lowest BCUT2D eigenvalue weighted by atomic mass is 10.1. The molecule has 2 aromatic carbocycles.